The minimum absolute atomic E-state index is 0.0411. The number of hydrogen-bond acceptors (Lipinski definition) is 7. The van der Waals surface area contributed by atoms with Crippen LogP contribution in [0.5, 0.6) is 0 Å². The maximum atomic E-state index is 13.2. The predicted octanol–water partition coefficient (Wildman–Crippen LogP) is 3.97. The van der Waals surface area contributed by atoms with E-state index >= 15 is 0 Å². The van der Waals surface area contributed by atoms with Gasteiger partial charge in [-0.1, -0.05) is 0 Å². The smallest absolute Gasteiger partial charge is 0.371 e. The number of hydrogen-bond donors (Lipinski definition) is 1. The summed E-state index contributed by atoms with van der Waals surface area (Å²) in [5.74, 6) is -0.973. The first-order chi connectivity index (χ1) is 17.2. The van der Waals surface area contributed by atoms with E-state index in [1.807, 2.05) is 4.90 Å². The monoisotopic (exact) mass is 512 g/mol. The third-order valence-corrected chi connectivity index (χ3v) is 6.74. The van der Waals surface area contributed by atoms with Crippen LogP contribution >= 0.6 is 0 Å². The van der Waals surface area contributed by atoms with E-state index in [0.717, 1.165) is 36.1 Å². The number of fused-ring (bicyclic) bond motifs is 2. The lowest BCUT2D eigenvalue weighted by molar-refractivity contribution is -0.144. The molecule has 1 N–H and O–H groups in total. The lowest BCUT2D eigenvalue weighted by atomic mass is 9.94. The molecule has 3 saturated heterocycles. The second-order valence-electron chi connectivity index (χ2n) is 9.32. The Balaban J connectivity index is 1.46. The second kappa shape index (κ2) is 9.75. The summed E-state index contributed by atoms with van der Waals surface area (Å²) in [7, 11) is 0. The Labute approximate surface area is 203 Å². The van der Waals surface area contributed by atoms with Crippen molar-refractivity contribution in [2.24, 2.45) is 0 Å². The third kappa shape index (κ3) is 5.35. The van der Waals surface area contributed by atoms with E-state index in [0.29, 0.717) is 37.6 Å². The number of halogens is 5. The fraction of sp³-hybridized carbons (Fsp3) is 0.565. The number of pyridine rings is 1. The van der Waals surface area contributed by atoms with Crippen molar-refractivity contribution < 1.29 is 31.5 Å². The van der Waals surface area contributed by atoms with E-state index in [1.165, 1.54) is 0 Å². The van der Waals surface area contributed by atoms with Crippen LogP contribution in [0.1, 0.15) is 42.9 Å². The van der Waals surface area contributed by atoms with Crippen LogP contribution in [-0.2, 0) is 15.7 Å². The number of rotatable bonds is 5. The van der Waals surface area contributed by atoms with Gasteiger partial charge in [0, 0.05) is 44.4 Å². The number of alkyl halides is 5. The highest BCUT2D eigenvalue weighted by Crippen LogP contribution is 2.34. The number of aromatic nitrogens is 3. The van der Waals surface area contributed by atoms with Crippen LogP contribution < -0.4 is 10.2 Å². The van der Waals surface area contributed by atoms with Gasteiger partial charge in [-0.2, -0.15) is 26.9 Å². The Bertz CT molecular complexity index is 1100. The molecule has 3 unspecified atom stereocenters. The summed E-state index contributed by atoms with van der Waals surface area (Å²) in [5, 5.41) is 2.84. The molecular formula is C23H25F5N6O2. The zero-order chi connectivity index (χ0) is 25.4. The Morgan fingerprint density at radius 2 is 1.81 bits per heavy atom. The number of piperidine rings is 1. The summed E-state index contributed by atoms with van der Waals surface area (Å²) in [6.07, 6.45) is -3.46. The molecule has 2 bridgehead atoms. The zero-order valence-corrected chi connectivity index (χ0v) is 19.2. The van der Waals surface area contributed by atoms with Crippen molar-refractivity contribution in [1.29, 1.82) is 0 Å². The van der Waals surface area contributed by atoms with Crippen molar-refractivity contribution in [3.8, 4) is 0 Å². The lowest BCUT2D eigenvalue weighted by Crippen LogP contribution is -2.44. The van der Waals surface area contributed by atoms with Gasteiger partial charge in [0.05, 0.1) is 23.5 Å². The largest absolute Gasteiger partial charge is 0.416 e. The first-order valence-electron chi connectivity index (χ1n) is 11.8. The third-order valence-electron chi connectivity index (χ3n) is 6.74. The summed E-state index contributed by atoms with van der Waals surface area (Å²) in [4.78, 5) is 28.2. The molecule has 0 spiro atoms. The molecule has 3 aliphatic rings. The fourth-order valence-electron chi connectivity index (χ4n) is 5.01. The predicted molar refractivity (Wildman–Crippen MR) is 119 cm³/mol. The Morgan fingerprint density at radius 1 is 1.06 bits per heavy atom. The van der Waals surface area contributed by atoms with Gasteiger partial charge in [0.25, 0.3) is 5.91 Å². The fourth-order valence-corrected chi connectivity index (χ4v) is 5.01. The van der Waals surface area contributed by atoms with Gasteiger partial charge in [-0.15, -0.1) is 0 Å². The van der Waals surface area contributed by atoms with Crippen LogP contribution in [0.3, 0.4) is 0 Å². The molecule has 36 heavy (non-hydrogen) atoms. The summed E-state index contributed by atoms with van der Waals surface area (Å²) in [6, 6.07) is 3.35. The minimum atomic E-state index is -4.53. The first kappa shape index (κ1) is 24.6. The van der Waals surface area contributed by atoms with E-state index < -0.39 is 24.1 Å². The highest BCUT2D eigenvalue weighted by molar-refractivity contribution is 5.79. The van der Waals surface area contributed by atoms with Crippen molar-refractivity contribution in [2.75, 3.05) is 36.4 Å². The van der Waals surface area contributed by atoms with Crippen molar-refractivity contribution in [2.45, 2.75) is 56.4 Å². The second-order valence-corrected chi connectivity index (χ2v) is 9.32. The maximum absolute atomic E-state index is 13.2. The van der Waals surface area contributed by atoms with Gasteiger partial charge in [-0.25, -0.2) is 9.97 Å². The number of anilines is 3. The molecule has 3 fully saturated rings. The Kier molecular flexibility index (Phi) is 6.66. The van der Waals surface area contributed by atoms with Gasteiger partial charge in [-0.3, -0.25) is 4.79 Å². The highest BCUT2D eigenvalue weighted by Gasteiger charge is 2.36. The summed E-state index contributed by atoms with van der Waals surface area (Å²) in [6.45, 7) is 1.46. The Morgan fingerprint density at radius 3 is 2.50 bits per heavy atom. The molecule has 1 amide bonds. The van der Waals surface area contributed by atoms with Crippen LogP contribution in [0.15, 0.2) is 24.4 Å². The molecule has 5 rings (SSSR count). The van der Waals surface area contributed by atoms with E-state index in [-0.39, 0.29) is 42.9 Å². The molecule has 2 aromatic rings. The van der Waals surface area contributed by atoms with Gasteiger partial charge < -0.3 is 19.9 Å². The molecule has 13 heteroatoms. The van der Waals surface area contributed by atoms with Crippen LogP contribution in [0.25, 0.3) is 0 Å². The topological polar surface area (TPSA) is 83.5 Å². The van der Waals surface area contributed by atoms with Crippen LogP contribution in [0.2, 0.25) is 0 Å². The van der Waals surface area contributed by atoms with E-state index in [4.69, 9.17) is 9.72 Å². The average Bonchev–Trinajstić information content (AvgIpc) is 3.20. The quantitative estimate of drug-likeness (QED) is 0.607. The molecule has 194 valence electrons. The van der Waals surface area contributed by atoms with E-state index in [9.17, 15) is 26.7 Å². The molecule has 2 aromatic heterocycles. The first-order valence-corrected chi connectivity index (χ1v) is 11.8. The summed E-state index contributed by atoms with van der Waals surface area (Å²) >= 11 is 0. The molecule has 8 nitrogen and oxygen atoms in total. The molecule has 0 saturated carbocycles. The van der Waals surface area contributed by atoms with E-state index in [2.05, 4.69) is 15.3 Å². The molecule has 5 heterocycles. The van der Waals surface area contributed by atoms with Crippen molar-refractivity contribution in [3.63, 3.8) is 0 Å². The summed E-state index contributed by atoms with van der Waals surface area (Å²) in [5.41, 5.74) is -0.326. The van der Waals surface area contributed by atoms with Crippen LogP contribution in [-0.4, -0.2) is 70.6 Å². The number of nitrogens with one attached hydrogen (secondary N) is 1. The molecular weight excluding hydrogens is 487 g/mol. The lowest BCUT2D eigenvalue weighted by Gasteiger charge is -2.34. The average molecular weight is 512 g/mol. The van der Waals surface area contributed by atoms with Gasteiger partial charge in [-0.05, 0) is 37.8 Å². The normalized spacial score (nSPS) is 24.3. The number of carbonyl (C=O) groups is 1. The minimum Gasteiger partial charge on any atom is -0.371 e. The standard InChI is InChI=1S/C23H25F5N6O2/c24-20(25)21(35)33-7-1-2-13(10-33)17-9-19(31-18-8-14(5-6-29-18)23(26,27)28)32-22(30-17)34-11-15-3-4-16(12-34)36-15/h5-6,8-9,13,15-16,20H,1-4,7,10-12H2,(H,29,30,31,32). The molecule has 0 aromatic carbocycles. The van der Waals surface area contributed by atoms with Gasteiger partial charge in [0.15, 0.2) is 0 Å². The number of likely N-dealkylation sites (tertiary alicyclic amines) is 1. The highest BCUT2D eigenvalue weighted by atomic mass is 19.4. The molecule has 0 radical (unpaired) electrons. The summed E-state index contributed by atoms with van der Waals surface area (Å²) < 4.78 is 71.4. The molecule has 0 aliphatic carbocycles. The van der Waals surface area contributed by atoms with Crippen molar-refractivity contribution in [1.82, 2.24) is 19.9 Å². The number of nitrogens with zero attached hydrogens (tertiary/aromatic N) is 5. The number of carbonyl (C=O) groups excluding carboxylic acids is 1. The number of amides is 1. The Hall–Kier alpha value is -3.09. The van der Waals surface area contributed by atoms with Gasteiger partial charge >= 0.3 is 12.6 Å². The van der Waals surface area contributed by atoms with Crippen molar-refractivity contribution >= 4 is 23.5 Å². The molecule has 3 atom stereocenters. The molecule has 3 aliphatic heterocycles. The van der Waals surface area contributed by atoms with E-state index in [1.54, 1.807) is 6.07 Å². The van der Waals surface area contributed by atoms with Crippen LogP contribution in [0, 0.1) is 0 Å². The van der Waals surface area contributed by atoms with Crippen molar-refractivity contribution in [3.05, 3.63) is 35.7 Å². The SMILES string of the molecule is O=C(C(F)F)N1CCCC(c2cc(Nc3cc(C(F)(F)F)ccn3)nc(N3CC4CCC(C3)O4)n2)C1. The van der Waals surface area contributed by atoms with Gasteiger partial charge in [0.1, 0.15) is 11.6 Å². The van der Waals surface area contributed by atoms with Crippen LogP contribution in [0.4, 0.5) is 39.5 Å². The zero-order valence-electron chi connectivity index (χ0n) is 19.2. The number of ether oxygens (including phenoxy) is 1. The maximum Gasteiger partial charge on any atom is 0.416 e. The number of morpholine rings is 1. The van der Waals surface area contributed by atoms with Gasteiger partial charge in [0.2, 0.25) is 5.95 Å².